The van der Waals surface area contributed by atoms with Crippen molar-refractivity contribution in [3.8, 4) is 0 Å². The molecule has 0 spiro atoms. The largest absolute Gasteiger partial charge is 0.144 e. The molecule has 0 aliphatic heterocycles. The normalized spacial score (nSPS) is 13.3. The van der Waals surface area contributed by atoms with Crippen LogP contribution in [0.5, 0.6) is 0 Å². The Balaban J connectivity index is 2.67. The summed E-state index contributed by atoms with van der Waals surface area (Å²) >= 11 is 1.86. The zero-order valence-corrected chi connectivity index (χ0v) is 12.5. The van der Waals surface area contributed by atoms with E-state index in [9.17, 15) is 0 Å². The Kier molecular flexibility index (Phi) is 2.86. The van der Waals surface area contributed by atoms with Gasteiger partial charge in [0.15, 0.2) is 0 Å². The van der Waals surface area contributed by atoms with E-state index in [0.717, 1.165) is 0 Å². The van der Waals surface area contributed by atoms with Gasteiger partial charge in [0.25, 0.3) is 0 Å². The van der Waals surface area contributed by atoms with Crippen LogP contribution >= 0.6 is 11.3 Å². The van der Waals surface area contributed by atoms with Crippen molar-refractivity contribution in [1.82, 2.24) is 0 Å². The van der Waals surface area contributed by atoms with Crippen molar-refractivity contribution >= 4 is 21.4 Å². The van der Waals surface area contributed by atoms with E-state index in [1.54, 1.807) is 0 Å². The number of benzene rings is 1. The fourth-order valence-corrected chi connectivity index (χ4v) is 3.24. The Morgan fingerprint density at radius 1 is 0.882 bits per heavy atom. The van der Waals surface area contributed by atoms with E-state index in [1.807, 2.05) is 11.3 Å². The minimum absolute atomic E-state index is 0.227. The van der Waals surface area contributed by atoms with Crippen molar-refractivity contribution in [3.05, 3.63) is 34.7 Å². The third kappa shape index (κ3) is 2.40. The smallest absolute Gasteiger partial charge is 0.0345 e. The lowest BCUT2D eigenvalue weighted by molar-refractivity contribution is 0.588. The first-order chi connectivity index (χ1) is 7.69. The quantitative estimate of drug-likeness (QED) is 0.576. The summed E-state index contributed by atoms with van der Waals surface area (Å²) in [5.74, 6) is 0. The molecule has 92 valence electrons. The zero-order chi connectivity index (χ0) is 12.8. The van der Waals surface area contributed by atoms with Crippen LogP contribution in [0.25, 0.3) is 10.1 Å². The summed E-state index contributed by atoms with van der Waals surface area (Å²) in [7, 11) is 0. The van der Waals surface area contributed by atoms with Crippen LogP contribution in [0.2, 0.25) is 0 Å². The van der Waals surface area contributed by atoms with Gasteiger partial charge in [-0.2, -0.15) is 0 Å². The van der Waals surface area contributed by atoms with Gasteiger partial charge in [-0.1, -0.05) is 47.6 Å². The highest BCUT2D eigenvalue weighted by Crippen LogP contribution is 2.36. The maximum atomic E-state index is 2.38. The Morgan fingerprint density at radius 3 is 2.06 bits per heavy atom. The van der Waals surface area contributed by atoms with Crippen LogP contribution in [-0.4, -0.2) is 0 Å². The van der Waals surface area contributed by atoms with Crippen LogP contribution in [0.4, 0.5) is 0 Å². The summed E-state index contributed by atoms with van der Waals surface area (Å²) in [6.45, 7) is 13.7. The van der Waals surface area contributed by atoms with Crippen LogP contribution in [0.1, 0.15) is 52.7 Å². The number of fused-ring (bicyclic) bond motifs is 1. The van der Waals surface area contributed by atoms with Gasteiger partial charge >= 0.3 is 0 Å². The Bertz CT molecular complexity index is 533. The van der Waals surface area contributed by atoms with E-state index in [4.69, 9.17) is 0 Å². The molecule has 0 saturated heterocycles. The maximum Gasteiger partial charge on any atom is 0.0345 e. The molecule has 0 radical (unpaired) electrons. The lowest BCUT2D eigenvalue weighted by Gasteiger charge is -2.21. The first kappa shape index (κ1) is 12.6. The van der Waals surface area contributed by atoms with Crippen molar-refractivity contribution in [1.29, 1.82) is 0 Å². The van der Waals surface area contributed by atoms with Crippen LogP contribution in [0.15, 0.2) is 23.6 Å². The maximum absolute atomic E-state index is 2.38. The molecule has 2 aromatic rings. The Labute approximate surface area is 109 Å². The van der Waals surface area contributed by atoms with Crippen molar-refractivity contribution in [3.63, 3.8) is 0 Å². The lowest BCUT2D eigenvalue weighted by Crippen LogP contribution is -2.12. The van der Waals surface area contributed by atoms with Gasteiger partial charge in [-0.25, -0.2) is 0 Å². The molecule has 0 aliphatic carbocycles. The molecule has 1 heterocycles. The average Bonchev–Trinajstić information content (AvgIpc) is 2.57. The van der Waals surface area contributed by atoms with E-state index in [-0.39, 0.29) is 10.8 Å². The standard InChI is InChI=1S/C16H22S/c1-15(2,3)11-7-8-14-12(9-11)13(10-17-14)16(4,5)6/h7-10H,1-6H3. The molecule has 0 aliphatic rings. The van der Waals surface area contributed by atoms with Crippen molar-refractivity contribution in [2.75, 3.05) is 0 Å². The molecule has 0 atom stereocenters. The second-order valence-electron chi connectivity index (χ2n) is 6.86. The van der Waals surface area contributed by atoms with Gasteiger partial charge in [0.2, 0.25) is 0 Å². The van der Waals surface area contributed by atoms with Gasteiger partial charge < -0.3 is 0 Å². The van der Waals surface area contributed by atoms with E-state index in [2.05, 4.69) is 65.1 Å². The number of thiophene rings is 1. The molecular formula is C16H22S. The minimum Gasteiger partial charge on any atom is -0.144 e. The van der Waals surface area contributed by atoms with Gasteiger partial charge in [0.1, 0.15) is 0 Å². The molecule has 2 rings (SSSR count). The molecule has 1 aromatic heterocycles. The number of hydrogen-bond acceptors (Lipinski definition) is 1. The second kappa shape index (κ2) is 3.84. The molecule has 0 saturated carbocycles. The molecule has 1 aromatic carbocycles. The fourth-order valence-electron chi connectivity index (χ4n) is 2.08. The minimum atomic E-state index is 0.227. The van der Waals surface area contributed by atoms with Crippen molar-refractivity contribution < 1.29 is 0 Å². The van der Waals surface area contributed by atoms with Gasteiger partial charge in [0.05, 0.1) is 0 Å². The highest BCUT2D eigenvalue weighted by molar-refractivity contribution is 7.17. The second-order valence-corrected chi connectivity index (χ2v) is 7.77. The lowest BCUT2D eigenvalue weighted by atomic mass is 9.83. The van der Waals surface area contributed by atoms with Gasteiger partial charge in [-0.05, 0) is 44.9 Å². The highest BCUT2D eigenvalue weighted by atomic mass is 32.1. The zero-order valence-electron chi connectivity index (χ0n) is 11.7. The fraction of sp³-hybridized carbons (Fsp3) is 0.500. The SMILES string of the molecule is CC(C)(C)c1ccc2scc(C(C)(C)C)c2c1. The first-order valence-corrected chi connectivity index (χ1v) is 7.10. The van der Waals surface area contributed by atoms with Gasteiger partial charge in [-0.3, -0.25) is 0 Å². The van der Waals surface area contributed by atoms with E-state index >= 15 is 0 Å². The molecule has 0 nitrogen and oxygen atoms in total. The number of hydrogen-bond donors (Lipinski definition) is 0. The van der Waals surface area contributed by atoms with E-state index < -0.39 is 0 Å². The third-order valence-electron chi connectivity index (χ3n) is 3.25. The molecule has 0 amide bonds. The predicted octanol–water partition coefficient (Wildman–Crippen LogP) is 5.50. The summed E-state index contributed by atoms with van der Waals surface area (Å²) < 4.78 is 1.41. The summed E-state index contributed by atoms with van der Waals surface area (Å²) in [6.07, 6.45) is 0. The summed E-state index contributed by atoms with van der Waals surface area (Å²) in [4.78, 5) is 0. The van der Waals surface area contributed by atoms with Crippen LogP contribution in [-0.2, 0) is 10.8 Å². The molecule has 0 N–H and O–H groups in total. The topological polar surface area (TPSA) is 0 Å². The van der Waals surface area contributed by atoms with Crippen LogP contribution < -0.4 is 0 Å². The molecule has 1 heteroatoms. The highest BCUT2D eigenvalue weighted by Gasteiger charge is 2.20. The summed E-state index contributed by atoms with van der Waals surface area (Å²) in [5.41, 5.74) is 3.36. The van der Waals surface area contributed by atoms with E-state index in [0.29, 0.717) is 0 Å². The van der Waals surface area contributed by atoms with Crippen molar-refractivity contribution in [2.24, 2.45) is 0 Å². The average molecular weight is 246 g/mol. The van der Waals surface area contributed by atoms with E-state index in [1.165, 1.54) is 21.2 Å². The monoisotopic (exact) mass is 246 g/mol. The molecule has 17 heavy (non-hydrogen) atoms. The predicted molar refractivity (Wildman–Crippen MR) is 79.2 cm³/mol. The van der Waals surface area contributed by atoms with Crippen molar-refractivity contribution in [2.45, 2.75) is 52.4 Å². The van der Waals surface area contributed by atoms with Gasteiger partial charge in [0, 0.05) is 4.70 Å². The number of rotatable bonds is 0. The third-order valence-corrected chi connectivity index (χ3v) is 4.21. The van der Waals surface area contributed by atoms with Crippen LogP contribution in [0, 0.1) is 0 Å². The molecular weight excluding hydrogens is 224 g/mol. The molecule has 0 unspecified atom stereocenters. The van der Waals surface area contributed by atoms with Crippen LogP contribution in [0.3, 0.4) is 0 Å². The molecule has 0 fully saturated rings. The Morgan fingerprint density at radius 2 is 1.53 bits per heavy atom. The van der Waals surface area contributed by atoms with Gasteiger partial charge in [-0.15, -0.1) is 11.3 Å². The Hall–Kier alpha value is -0.820. The summed E-state index contributed by atoms with van der Waals surface area (Å²) in [5, 5.41) is 3.76. The molecule has 0 bridgehead atoms. The first-order valence-electron chi connectivity index (χ1n) is 6.22. The summed E-state index contributed by atoms with van der Waals surface area (Å²) in [6, 6.07) is 6.92.